The Bertz CT molecular complexity index is 145. The molecule has 0 saturated carbocycles. The molecule has 13 heavy (non-hydrogen) atoms. The van der Waals surface area contributed by atoms with Crippen LogP contribution in [0, 0.1) is 0 Å². The summed E-state index contributed by atoms with van der Waals surface area (Å²) >= 11 is 1.84. The van der Waals surface area contributed by atoms with Crippen molar-refractivity contribution in [1.29, 1.82) is 0 Å². The number of allylic oxidation sites excluding steroid dienone is 3. The average Bonchev–Trinajstić information content (AvgIpc) is 2.07. The maximum Gasteiger partial charge on any atom is -0.000330 e. The SMILES string of the molecule is C=C(/C=C\C)SCCCC.C=CC. The van der Waals surface area contributed by atoms with Crippen LogP contribution >= 0.6 is 11.8 Å². The highest BCUT2D eigenvalue weighted by Crippen LogP contribution is 2.15. The predicted molar refractivity (Wildman–Crippen MR) is 67.2 cm³/mol. The van der Waals surface area contributed by atoms with E-state index in [4.69, 9.17) is 0 Å². The third-order valence-electron chi connectivity index (χ3n) is 1.14. The fraction of sp³-hybridized carbons (Fsp3) is 0.500. The third-order valence-corrected chi connectivity index (χ3v) is 2.14. The summed E-state index contributed by atoms with van der Waals surface area (Å²) in [5.41, 5.74) is 0. The van der Waals surface area contributed by atoms with Gasteiger partial charge in [-0.3, -0.25) is 0 Å². The van der Waals surface area contributed by atoms with Gasteiger partial charge in [0.05, 0.1) is 0 Å². The van der Waals surface area contributed by atoms with Gasteiger partial charge in [-0.25, -0.2) is 0 Å². The fourth-order valence-corrected chi connectivity index (χ4v) is 1.51. The van der Waals surface area contributed by atoms with Gasteiger partial charge in [-0.1, -0.05) is 38.2 Å². The van der Waals surface area contributed by atoms with E-state index in [0.29, 0.717) is 0 Å². The van der Waals surface area contributed by atoms with E-state index in [1.165, 1.54) is 23.5 Å². The number of thioether (sulfide) groups is 1. The van der Waals surface area contributed by atoms with Gasteiger partial charge >= 0.3 is 0 Å². The van der Waals surface area contributed by atoms with E-state index in [0.717, 1.165) is 0 Å². The second-order valence-corrected chi connectivity index (χ2v) is 3.80. The topological polar surface area (TPSA) is 0 Å². The number of unbranched alkanes of at least 4 members (excludes halogenated alkanes) is 1. The first-order valence-electron chi connectivity index (χ1n) is 4.74. The molecule has 0 nitrogen and oxygen atoms in total. The lowest BCUT2D eigenvalue weighted by Crippen LogP contribution is -1.76. The molecule has 0 aliphatic heterocycles. The highest BCUT2D eigenvalue weighted by molar-refractivity contribution is 8.03. The van der Waals surface area contributed by atoms with Gasteiger partial charge < -0.3 is 0 Å². The Labute approximate surface area is 87.8 Å². The van der Waals surface area contributed by atoms with Gasteiger partial charge in [-0.2, -0.15) is 0 Å². The molecule has 1 heteroatoms. The Morgan fingerprint density at radius 1 is 1.38 bits per heavy atom. The molecule has 0 fully saturated rings. The Kier molecular flexibility index (Phi) is 16.4. The van der Waals surface area contributed by atoms with Crippen LogP contribution in [0.15, 0.2) is 36.3 Å². The van der Waals surface area contributed by atoms with Crippen molar-refractivity contribution in [3.8, 4) is 0 Å². The summed E-state index contributed by atoms with van der Waals surface area (Å²) in [5.74, 6) is 1.21. The first-order valence-corrected chi connectivity index (χ1v) is 5.72. The molecule has 0 unspecified atom stereocenters. The van der Waals surface area contributed by atoms with Crippen molar-refractivity contribution >= 4 is 11.8 Å². The van der Waals surface area contributed by atoms with Gasteiger partial charge in [0, 0.05) is 0 Å². The molecule has 0 heterocycles. The zero-order valence-electron chi connectivity index (χ0n) is 9.18. The first kappa shape index (κ1) is 15.1. The Morgan fingerprint density at radius 3 is 2.31 bits per heavy atom. The van der Waals surface area contributed by atoms with Crippen molar-refractivity contribution in [2.24, 2.45) is 0 Å². The summed E-state index contributed by atoms with van der Waals surface area (Å²) in [5, 5.41) is 0. The maximum atomic E-state index is 3.89. The normalized spacial score (nSPS) is 9.15. The average molecular weight is 198 g/mol. The van der Waals surface area contributed by atoms with E-state index in [9.17, 15) is 0 Å². The monoisotopic (exact) mass is 198 g/mol. The van der Waals surface area contributed by atoms with Crippen molar-refractivity contribution in [3.05, 3.63) is 36.3 Å². The highest BCUT2D eigenvalue weighted by atomic mass is 32.2. The van der Waals surface area contributed by atoms with Crippen molar-refractivity contribution in [1.82, 2.24) is 0 Å². The van der Waals surface area contributed by atoms with Crippen molar-refractivity contribution in [3.63, 3.8) is 0 Å². The van der Waals surface area contributed by atoms with Crippen LogP contribution in [0.2, 0.25) is 0 Å². The Morgan fingerprint density at radius 2 is 1.92 bits per heavy atom. The number of hydrogen-bond donors (Lipinski definition) is 0. The zero-order chi connectivity index (χ0) is 10.5. The van der Waals surface area contributed by atoms with Gasteiger partial charge in [0.15, 0.2) is 0 Å². The van der Waals surface area contributed by atoms with Crippen LogP contribution in [0.3, 0.4) is 0 Å². The molecular formula is C12H22S. The quantitative estimate of drug-likeness (QED) is 0.347. The van der Waals surface area contributed by atoms with E-state index in [2.05, 4.69) is 26.2 Å². The fourth-order valence-electron chi connectivity index (χ4n) is 0.582. The summed E-state index contributed by atoms with van der Waals surface area (Å²) in [6.45, 7) is 13.4. The molecule has 0 aromatic heterocycles. The summed E-state index contributed by atoms with van der Waals surface area (Å²) < 4.78 is 0. The van der Waals surface area contributed by atoms with Gasteiger partial charge in [0.2, 0.25) is 0 Å². The molecule has 0 amide bonds. The third kappa shape index (κ3) is 18.5. The lowest BCUT2D eigenvalue weighted by Gasteiger charge is -1.96. The minimum absolute atomic E-state index is 1.18. The van der Waals surface area contributed by atoms with E-state index < -0.39 is 0 Å². The second-order valence-electron chi connectivity index (χ2n) is 2.58. The van der Waals surface area contributed by atoms with E-state index in [1.807, 2.05) is 31.7 Å². The van der Waals surface area contributed by atoms with Gasteiger partial charge in [-0.05, 0) is 30.9 Å². The van der Waals surface area contributed by atoms with Crippen LogP contribution in [0.4, 0.5) is 0 Å². The minimum Gasteiger partial charge on any atom is -0.127 e. The molecule has 76 valence electrons. The molecule has 0 N–H and O–H groups in total. The molecule has 0 atom stereocenters. The van der Waals surface area contributed by atoms with Crippen LogP contribution in [-0.2, 0) is 0 Å². The molecule has 0 bridgehead atoms. The Balaban J connectivity index is 0. The molecular weight excluding hydrogens is 176 g/mol. The lowest BCUT2D eigenvalue weighted by molar-refractivity contribution is 0.897. The van der Waals surface area contributed by atoms with Gasteiger partial charge in [-0.15, -0.1) is 18.3 Å². The summed E-state index contributed by atoms with van der Waals surface area (Å²) in [4.78, 5) is 1.18. The van der Waals surface area contributed by atoms with Crippen LogP contribution < -0.4 is 0 Å². The predicted octanol–water partition coefficient (Wildman–Crippen LogP) is 4.80. The summed E-state index contributed by atoms with van der Waals surface area (Å²) in [6.07, 6.45) is 8.40. The minimum atomic E-state index is 1.18. The smallest absolute Gasteiger partial charge is 0.000330 e. The molecule has 0 aliphatic rings. The van der Waals surface area contributed by atoms with Crippen LogP contribution in [-0.4, -0.2) is 5.75 Å². The molecule has 0 aromatic rings. The van der Waals surface area contributed by atoms with Crippen molar-refractivity contribution in [2.75, 3.05) is 5.75 Å². The van der Waals surface area contributed by atoms with Crippen LogP contribution in [0.25, 0.3) is 0 Å². The van der Waals surface area contributed by atoms with Crippen LogP contribution in [0.5, 0.6) is 0 Å². The standard InChI is InChI=1S/C9H16S.C3H6/c1-4-6-8-10-9(3)7-5-2;1-3-2/h5,7H,3-4,6,8H2,1-2H3;3H,1H2,2H3/b7-5-;. The highest BCUT2D eigenvalue weighted by Gasteiger charge is 1.87. The van der Waals surface area contributed by atoms with E-state index >= 15 is 0 Å². The van der Waals surface area contributed by atoms with E-state index in [-0.39, 0.29) is 0 Å². The van der Waals surface area contributed by atoms with Gasteiger partial charge in [0.25, 0.3) is 0 Å². The molecule has 0 aromatic carbocycles. The summed E-state index contributed by atoms with van der Waals surface area (Å²) in [6, 6.07) is 0. The molecule has 0 radical (unpaired) electrons. The largest absolute Gasteiger partial charge is 0.127 e. The second kappa shape index (κ2) is 14.1. The number of hydrogen-bond acceptors (Lipinski definition) is 1. The Hall–Kier alpha value is -0.430. The maximum absolute atomic E-state index is 3.89. The lowest BCUT2D eigenvalue weighted by atomic mass is 10.4. The summed E-state index contributed by atoms with van der Waals surface area (Å²) in [7, 11) is 0. The molecule has 0 rings (SSSR count). The molecule has 0 aliphatic carbocycles. The van der Waals surface area contributed by atoms with Gasteiger partial charge in [0.1, 0.15) is 0 Å². The van der Waals surface area contributed by atoms with Crippen LogP contribution in [0.1, 0.15) is 33.6 Å². The molecule has 0 saturated heterocycles. The zero-order valence-corrected chi connectivity index (χ0v) is 9.99. The number of rotatable bonds is 5. The first-order chi connectivity index (χ1) is 6.22. The van der Waals surface area contributed by atoms with Crippen molar-refractivity contribution in [2.45, 2.75) is 33.6 Å². The van der Waals surface area contributed by atoms with E-state index in [1.54, 1.807) is 6.08 Å². The van der Waals surface area contributed by atoms with Crippen molar-refractivity contribution < 1.29 is 0 Å². The molecule has 0 spiro atoms.